The van der Waals surface area contributed by atoms with Crippen LogP contribution in [-0.4, -0.2) is 4.98 Å². The van der Waals surface area contributed by atoms with E-state index in [-0.39, 0.29) is 6.86 Å². The minimum atomic E-state index is 0. The zero-order chi connectivity index (χ0) is 10.6. The van der Waals surface area contributed by atoms with Gasteiger partial charge in [-0.25, -0.2) is 0 Å². The molecule has 1 rings (SSSR count). The highest BCUT2D eigenvalue weighted by Crippen LogP contribution is 1.83. The molecule has 0 unspecified atom stereocenters. The Bertz CT molecular complexity index is 465. The molecule has 0 atom stereocenters. The van der Waals surface area contributed by atoms with E-state index in [0.29, 0.717) is 10.6 Å². The SMILES string of the molecule is C=c1[nH]c(CC)cc(=O)/c1=C/C=C\C.[HH]. The lowest BCUT2D eigenvalue weighted by Gasteiger charge is -1.96. The van der Waals surface area contributed by atoms with Gasteiger partial charge in [0.05, 0.1) is 0 Å². The van der Waals surface area contributed by atoms with Crippen LogP contribution in [0, 0.1) is 0 Å². The lowest BCUT2D eigenvalue weighted by Crippen LogP contribution is -2.40. The minimum absolute atomic E-state index is 0. The average molecular weight is 191 g/mol. The highest BCUT2D eigenvalue weighted by Gasteiger charge is 1.93. The van der Waals surface area contributed by atoms with Crippen LogP contribution in [0.3, 0.4) is 0 Å². The normalized spacial score (nSPS) is 12.6. The molecule has 14 heavy (non-hydrogen) atoms. The van der Waals surface area contributed by atoms with E-state index >= 15 is 0 Å². The summed E-state index contributed by atoms with van der Waals surface area (Å²) >= 11 is 0. The molecule has 0 bridgehead atoms. The molecule has 2 heteroatoms. The lowest BCUT2D eigenvalue weighted by atomic mass is 10.2. The summed E-state index contributed by atoms with van der Waals surface area (Å²) in [5.41, 5.74) is 0.960. The number of H-pyrrole nitrogens is 1. The second kappa shape index (κ2) is 4.61. The van der Waals surface area contributed by atoms with Crippen molar-refractivity contribution in [2.45, 2.75) is 20.3 Å². The van der Waals surface area contributed by atoms with Gasteiger partial charge >= 0.3 is 0 Å². The maximum atomic E-state index is 11.6. The third kappa shape index (κ3) is 2.22. The van der Waals surface area contributed by atoms with Gasteiger partial charge in [-0.1, -0.05) is 25.7 Å². The van der Waals surface area contributed by atoms with Gasteiger partial charge in [-0.2, -0.15) is 0 Å². The maximum Gasteiger partial charge on any atom is 0.189 e. The number of rotatable bonds is 2. The van der Waals surface area contributed by atoms with Gasteiger partial charge < -0.3 is 4.98 Å². The first kappa shape index (κ1) is 10.5. The Morgan fingerprint density at radius 3 is 2.86 bits per heavy atom. The van der Waals surface area contributed by atoms with Crippen molar-refractivity contribution in [2.24, 2.45) is 0 Å². The van der Waals surface area contributed by atoms with E-state index < -0.39 is 0 Å². The molecule has 0 saturated heterocycles. The number of aromatic amines is 1. The van der Waals surface area contributed by atoms with Crippen molar-refractivity contribution in [1.29, 1.82) is 0 Å². The first-order valence-electron chi connectivity index (χ1n) is 4.73. The number of pyridine rings is 1. The van der Waals surface area contributed by atoms with Crippen molar-refractivity contribution in [3.05, 3.63) is 44.7 Å². The summed E-state index contributed by atoms with van der Waals surface area (Å²) in [5.74, 6) is 0. The van der Waals surface area contributed by atoms with Crippen molar-refractivity contribution in [2.75, 3.05) is 0 Å². The zero-order valence-corrected chi connectivity index (χ0v) is 8.63. The summed E-state index contributed by atoms with van der Waals surface area (Å²) in [6.45, 7) is 7.73. The van der Waals surface area contributed by atoms with E-state index in [0.717, 1.165) is 12.1 Å². The van der Waals surface area contributed by atoms with Crippen LogP contribution in [0.2, 0.25) is 0 Å². The van der Waals surface area contributed by atoms with Crippen LogP contribution in [0.5, 0.6) is 0 Å². The molecular weight excluding hydrogens is 174 g/mol. The van der Waals surface area contributed by atoms with Gasteiger partial charge in [0.1, 0.15) is 0 Å². The Balaban J connectivity index is 0.00000196. The predicted molar refractivity (Wildman–Crippen MR) is 62.6 cm³/mol. The second-order valence-electron chi connectivity index (χ2n) is 3.10. The minimum Gasteiger partial charge on any atom is -0.359 e. The van der Waals surface area contributed by atoms with Gasteiger partial charge in [-0.05, 0) is 19.4 Å². The quantitative estimate of drug-likeness (QED) is 0.741. The Labute approximate surface area is 84.8 Å². The molecule has 0 aliphatic rings. The van der Waals surface area contributed by atoms with E-state index in [2.05, 4.69) is 11.6 Å². The Kier molecular flexibility index (Phi) is 3.46. The number of nitrogens with one attached hydrogen (secondary N) is 1. The van der Waals surface area contributed by atoms with Crippen molar-refractivity contribution in [3.63, 3.8) is 0 Å². The molecule has 0 aliphatic heterocycles. The van der Waals surface area contributed by atoms with Gasteiger partial charge in [0.15, 0.2) is 5.43 Å². The fourth-order valence-electron chi connectivity index (χ4n) is 1.25. The third-order valence-electron chi connectivity index (χ3n) is 2.04. The molecule has 0 aromatic carbocycles. The molecule has 0 fully saturated rings. The second-order valence-corrected chi connectivity index (χ2v) is 3.10. The molecule has 76 valence electrons. The van der Waals surface area contributed by atoms with Crippen LogP contribution in [0.15, 0.2) is 23.0 Å². The Morgan fingerprint density at radius 2 is 2.36 bits per heavy atom. The molecule has 2 nitrogen and oxygen atoms in total. The number of aromatic nitrogens is 1. The summed E-state index contributed by atoms with van der Waals surface area (Å²) in [6.07, 6.45) is 6.32. The van der Waals surface area contributed by atoms with Crippen LogP contribution >= 0.6 is 0 Å². The molecule has 1 aromatic heterocycles. The fourth-order valence-corrected chi connectivity index (χ4v) is 1.25. The van der Waals surface area contributed by atoms with Gasteiger partial charge in [0, 0.05) is 23.8 Å². The summed E-state index contributed by atoms with van der Waals surface area (Å²) in [4.78, 5) is 14.7. The summed E-state index contributed by atoms with van der Waals surface area (Å²) in [7, 11) is 0. The first-order valence-corrected chi connectivity index (χ1v) is 4.73. The van der Waals surface area contributed by atoms with Crippen LogP contribution < -0.4 is 16.0 Å². The van der Waals surface area contributed by atoms with E-state index in [4.69, 9.17) is 0 Å². The summed E-state index contributed by atoms with van der Waals surface area (Å²) in [6, 6.07) is 1.63. The molecular formula is C12H17NO. The number of aryl methyl sites for hydroxylation is 1. The van der Waals surface area contributed by atoms with Crippen LogP contribution in [0.1, 0.15) is 21.0 Å². The molecule has 0 radical (unpaired) electrons. The van der Waals surface area contributed by atoms with E-state index in [1.165, 1.54) is 0 Å². The first-order chi connectivity index (χ1) is 6.69. The molecule has 0 aliphatic carbocycles. The fraction of sp³-hybridized carbons (Fsp3) is 0.250. The number of hydrogen-bond acceptors (Lipinski definition) is 1. The smallest absolute Gasteiger partial charge is 0.189 e. The van der Waals surface area contributed by atoms with E-state index in [1.54, 1.807) is 12.1 Å². The molecule has 0 saturated carbocycles. The highest BCUT2D eigenvalue weighted by atomic mass is 16.1. The van der Waals surface area contributed by atoms with Crippen molar-refractivity contribution in [3.8, 4) is 0 Å². The summed E-state index contributed by atoms with van der Waals surface area (Å²) < 4.78 is 0. The largest absolute Gasteiger partial charge is 0.359 e. The third-order valence-corrected chi connectivity index (χ3v) is 2.04. The standard InChI is InChI=1S/C12H15NO.H2/c1-4-6-7-11-9(3)13-10(5-2)8-12(11)14;/h4,6-8,13H,3,5H2,1-2H3;1H/b6-4-,11-7+;. The van der Waals surface area contributed by atoms with Crippen molar-refractivity contribution in [1.82, 2.24) is 4.98 Å². The van der Waals surface area contributed by atoms with Crippen LogP contribution in [-0.2, 0) is 6.42 Å². The van der Waals surface area contributed by atoms with Gasteiger partial charge in [0.25, 0.3) is 0 Å². The molecule has 0 amide bonds. The maximum absolute atomic E-state index is 11.6. The molecule has 1 heterocycles. The van der Waals surface area contributed by atoms with Gasteiger partial charge in [0.2, 0.25) is 0 Å². The number of allylic oxidation sites excluding steroid dienone is 2. The van der Waals surface area contributed by atoms with Crippen molar-refractivity contribution >= 4 is 12.7 Å². The highest BCUT2D eigenvalue weighted by molar-refractivity contribution is 5.36. The van der Waals surface area contributed by atoms with E-state index in [1.807, 2.05) is 26.0 Å². The van der Waals surface area contributed by atoms with Crippen LogP contribution in [0.4, 0.5) is 0 Å². The summed E-state index contributed by atoms with van der Waals surface area (Å²) in [5, 5.41) is 1.33. The molecule has 1 aromatic rings. The van der Waals surface area contributed by atoms with Gasteiger partial charge in [-0.15, -0.1) is 0 Å². The number of hydrogen-bond donors (Lipinski definition) is 1. The lowest BCUT2D eigenvalue weighted by molar-refractivity contribution is 1.000. The predicted octanol–water partition coefficient (Wildman–Crippen LogP) is 0.950. The molecule has 1 N–H and O–H groups in total. The van der Waals surface area contributed by atoms with Crippen molar-refractivity contribution < 1.29 is 1.43 Å². The monoisotopic (exact) mass is 191 g/mol. The van der Waals surface area contributed by atoms with Gasteiger partial charge in [-0.3, -0.25) is 4.79 Å². The Morgan fingerprint density at radius 1 is 1.64 bits per heavy atom. The average Bonchev–Trinajstić information content (AvgIpc) is 2.16. The molecule has 0 spiro atoms. The van der Waals surface area contributed by atoms with E-state index in [9.17, 15) is 4.79 Å². The van der Waals surface area contributed by atoms with Crippen LogP contribution in [0.25, 0.3) is 12.7 Å². The zero-order valence-electron chi connectivity index (χ0n) is 8.63. The Hall–Kier alpha value is -1.57. The topological polar surface area (TPSA) is 32.9 Å².